The van der Waals surface area contributed by atoms with Crippen LogP contribution in [0.15, 0.2) is 51.9 Å². The van der Waals surface area contributed by atoms with Gasteiger partial charge in [0.05, 0.1) is 18.4 Å². The van der Waals surface area contributed by atoms with Gasteiger partial charge in [0.15, 0.2) is 0 Å². The van der Waals surface area contributed by atoms with Crippen LogP contribution >= 0.6 is 0 Å². The molecule has 0 fully saturated rings. The number of aryl methyl sites for hydroxylation is 2. The summed E-state index contributed by atoms with van der Waals surface area (Å²) in [6.07, 6.45) is 0. The van der Waals surface area contributed by atoms with Gasteiger partial charge < -0.3 is 9.26 Å². The number of carbonyl (C=O) groups is 1. The van der Waals surface area contributed by atoms with Gasteiger partial charge in [0.25, 0.3) is 10.0 Å². The van der Waals surface area contributed by atoms with E-state index in [1.54, 1.807) is 31.2 Å². The molecule has 1 amide bonds. The minimum atomic E-state index is -3.94. The first kappa shape index (κ1) is 20.4. The molecule has 152 valence electrons. The number of amides is 1. The van der Waals surface area contributed by atoms with E-state index >= 15 is 0 Å². The Bertz CT molecular complexity index is 1150. The highest BCUT2D eigenvalue weighted by molar-refractivity contribution is 7.92. The van der Waals surface area contributed by atoms with Crippen molar-refractivity contribution in [3.8, 4) is 16.9 Å². The topological polar surface area (TPSA) is 111 Å². The fourth-order valence-electron chi connectivity index (χ4n) is 2.83. The lowest BCUT2D eigenvalue weighted by Gasteiger charge is -2.13. The maximum absolute atomic E-state index is 13.0. The van der Waals surface area contributed by atoms with E-state index in [4.69, 9.17) is 9.26 Å². The van der Waals surface area contributed by atoms with Crippen molar-refractivity contribution in [1.29, 1.82) is 0 Å². The lowest BCUT2D eigenvalue weighted by molar-refractivity contribution is -0.114. The first-order chi connectivity index (χ1) is 13.7. The predicted octanol–water partition coefficient (Wildman–Crippen LogP) is 3.73. The Hall–Kier alpha value is -3.33. The monoisotopic (exact) mass is 415 g/mol. The number of aromatic nitrogens is 1. The second kappa shape index (κ2) is 7.96. The summed E-state index contributed by atoms with van der Waals surface area (Å²) < 4.78 is 39.1. The van der Waals surface area contributed by atoms with Gasteiger partial charge in [-0.25, -0.2) is 8.42 Å². The average Bonchev–Trinajstić information content (AvgIpc) is 3.02. The summed E-state index contributed by atoms with van der Waals surface area (Å²) in [5, 5.41) is 6.43. The van der Waals surface area contributed by atoms with Gasteiger partial charge in [0, 0.05) is 12.6 Å². The molecular weight excluding hydrogens is 394 g/mol. The third-order valence-corrected chi connectivity index (χ3v) is 5.60. The smallest absolute Gasteiger partial charge is 0.265 e. The van der Waals surface area contributed by atoms with Crippen molar-refractivity contribution in [2.45, 2.75) is 25.7 Å². The van der Waals surface area contributed by atoms with E-state index in [9.17, 15) is 13.2 Å². The molecule has 0 unspecified atom stereocenters. The van der Waals surface area contributed by atoms with Crippen LogP contribution in [0.25, 0.3) is 11.1 Å². The molecule has 0 saturated heterocycles. The molecule has 0 aliphatic rings. The first-order valence-electron chi connectivity index (χ1n) is 8.73. The molecule has 2 aromatic carbocycles. The maximum atomic E-state index is 13.0. The summed E-state index contributed by atoms with van der Waals surface area (Å²) in [4.78, 5) is 11.4. The normalized spacial score (nSPS) is 11.2. The van der Waals surface area contributed by atoms with Gasteiger partial charge in [-0.15, -0.1) is 0 Å². The van der Waals surface area contributed by atoms with Gasteiger partial charge >= 0.3 is 0 Å². The van der Waals surface area contributed by atoms with Crippen molar-refractivity contribution in [3.05, 3.63) is 53.7 Å². The highest BCUT2D eigenvalue weighted by atomic mass is 32.2. The number of nitrogens with zero attached hydrogens (tertiary/aromatic N) is 1. The van der Waals surface area contributed by atoms with Gasteiger partial charge in [-0.1, -0.05) is 28.9 Å². The molecule has 3 rings (SSSR count). The molecule has 1 heterocycles. The Morgan fingerprint density at radius 2 is 1.79 bits per heavy atom. The summed E-state index contributed by atoms with van der Waals surface area (Å²) >= 11 is 0. The summed E-state index contributed by atoms with van der Waals surface area (Å²) in [6, 6.07) is 11.7. The van der Waals surface area contributed by atoms with Crippen molar-refractivity contribution in [1.82, 2.24) is 5.16 Å². The minimum absolute atomic E-state index is 0.0487. The molecule has 1 aromatic heterocycles. The molecule has 3 aromatic rings. The maximum Gasteiger partial charge on any atom is 0.265 e. The van der Waals surface area contributed by atoms with E-state index < -0.39 is 10.0 Å². The average molecular weight is 415 g/mol. The van der Waals surface area contributed by atoms with Crippen LogP contribution in [-0.4, -0.2) is 26.6 Å². The van der Waals surface area contributed by atoms with Crippen molar-refractivity contribution < 1.29 is 22.5 Å². The number of ether oxygens (including phenoxy) is 1. The van der Waals surface area contributed by atoms with E-state index in [1.807, 2.05) is 19.1 Å². The van der Waals surface area contributed by atoms with E-state index in [1.165, 1.54) is 20.1 Å². The zero-order chi connectivity index (χ0) is 21.2. The molecule has 0 atom stereocenters. The van der Waals surface area contributed by atoms with Crippen LogP contribution < -0.4 is 14.8 Å². The third kappa shape index (κ3) is 4.40. The van der Waals surface area contributed by atoms with Crippen molar-refractivity contribution in [3.63, 3.8) is 0 Å². The van der Waals surface area contributed by atoms with Gasteiger partial charge in [-0.05, 0) is 43.7 Å². The highest BCUT2D eigenvalue weighted by Gasteiger charge is 2.23. The van der Waals surface area contributed by atoms with Crippen molar-refractivity contribution >= 4 is 27.5 Å². The van der Waals surface area contributed by atoms with Crippen LogP contribution in [0.2, 0.25) is 0 Å². The van der Waals surface area contributed by atoms with Gasteiger partial charge in [0.2, 0.25) is 11.8 Å². The van der Waals surface area contributed by atoms with Crippen LogP contribution in [-0.2, 0) is 14.8 Å². The van der Waals surface area contributed by atoms with Gasteiger partial charge in [0.1, 0.15) is 10.6 Å². The van der Waals surface area contributed by atoms with Crippen LogP contribution in [0, 0.1) is 13.8 Å². The fourth-order valence-corrected chi connectivity index (χ4v) is 4.08. The van der Waals surface area contributed by atoms with Crippen LogP contribution in [0.1, 0.15) is 18.2 Å². The van der Waals surface area contributed by atoms with E-state index in [0.717, 1.165) is 5.56 Å². The number of nitrogens with one attached hydrogen (secondary N) is 2. The summed E-state index contributed by atoms with van der Waals surface area (Å²) in [7, 11) is -2.55. The molecule has 0 aliphatic heterocycles. The third-order valence-electron chi connectivity index (χ3n) is 4.20. The molecular formula is C20H21N3O5S. The van der Waals surface area contributed by atoms with Gasteiger partial charge in [-0.3, -0.25) is 14.8 Å². The van der Waals surface area contributed by atoms with Crippen molar-refractivity contribution in [2.75, 3.05) is 17.1 Å². The number of sulfonamides is 1. The molecule has 0 saturated carbocycles. The summed E-state index contributed by atoms with van der Waals surface area (Å²) in [5.74, 6) is 0.00310. The molecule has 0 bridgehead atoms. The first-order valence-corrected chi connectivity index (χ1v) is 10.2. The lowest BCUT2D eigenvalue weighted by atomic mass is 10.1. The molecule has 2 N–H and O–H groups in total. The SMILES string of the molecule is COc1ccc(-c2c(C)noc2NC(C)=O)cc1S(=O)(=O)Nc1ccc(C)cc1. The number of hydrogen-bond donors (Lipinski definition) is 2. The zero-order valence-electron chi connectivity index (χ0n) is 16.4. The Morgan fingerprint density at radius 1 is 1.10 bits per heavy atom. The Labute approximate surface area is 168 Å². The number of benzene rings is 2. The zero-order valence-corrected chi connectivity index (χ0v) is 17.3. The highest BCUT2D eigenvalue weighted by Crippen LogP contribution is 2.36. The largest absolute Gasteiger partial charge is 0.495 e. The van der Waals surface area contributed by atoms with E-state index in [2.05, 4.69) is 15.2 Å². The molecule has 29 heavy (non-hydrogen) atoms. The number of carbonyl (C=O) groups excluding carboxylic acids is 1. The lowest BCUT2D eigenvalue weighted by Crippen LogP contribution is -2.14. The van der Waals surface area contributed by atoms with E-state index in [0.29, 0.717) is 22.5 Å². The molecule has 0 radical (unpaired) electrons. The standard InChI is InChI=1S/C20H21N3O5S/c1-12-5-8-16(9-6-12)23-29(25,26)18-11-15(7-10-17(18)27-4)19-13(2)22-28-20(19)21-14(3)24/h5-11,23H,1-4H3,(H,21,24). The summed E-state index contributed by atoms with van der Waals surface area (Å²) in [6.45, 7) is 4.96. The molecule has 0 aliphatic carbocycles. The fraction of sp³-hybridized carbons (Fsp3) is 0.200. The Morgan fingerprint density at radius 3 is 2.41 bits per heavy atom. The molecule has 8 nitrogen and oxygen atoms in total. The number of hydrogen-bond acceptors (Lipinski definition) is 6. The van der Waals surface area contributed by atoms with Crippen LogP contribution in [0.3, 0.4) is 0 Å². The minimum Gasteiger partial charge on any atom is -0.495 e. The second-order valence-corrected chi connectivity index (χ2v) is 8.14. The summed E-state index contributed by atoms with van der Waals surface area (Å²) in [5.41, 5.74) is 2.96. The van der Waals surface area contributed by atoms with Crippen molar-refractivity contribution in [2.24, 2.45) is 0 Å². The number of rotatable bonds is 6. The second-order valence-electron chi connectivity index (χ2n) is 6.49. The number of anilines is 2. The molecule has 9 heteroatoms. The quantitative estimate of drug-likeness (QED) is 0.635. The Balaban J connectivity index is 2.07. The predicted molar refractivity (Wildman–Crippen MR) is 110 cm³/mol. The van der Waals surface area contributed by atoms with Gasteiger partial charge in [-0.2, -0.15) is 0 Å². The Kier molecular flexibility index (Phi) is 5.60. The molecule has 0 spiro atoms. The van der Waals surface area contributed by atoms with Crippen LogP contribution in [0.4, 0.5) is 11.6 Å². The van der Waals surface area contributed by atoms with E-state index in [-0.39, 0.29) is 22.4 Å². The number of methoxy groups -OCH3 is 1. The van der Waals surface area contributed by atoms with Crippen LogP contribution in [0.5, 0.6) is 5.75 Å².